The van der Waals surface area contributed by atoms with E-state index in [0.717, 1.165) is 0 Å². The maximum Gasteiger partial charge on any atom is 0.253 e. The minimum Gasteiger partial charge on any atom is -0.368 e. The minimum absolute atomic E-state index is 0.193. The van der Waals surface area contributed by atoms with Crippen LogP contribution in [0.25, 0.3) is 0 Å². The Morgan fingerprint density at radius 2 is 2.21 bits per heavy atom. The number of amides is 2. The summed E-state index contributed by atoms with van der Waals surface area (Å²) in [5.74, 6) is -1.01. The molecule has 1 heterocycles. The summed E-state index contributed by atoms with van der Waals surface area (Å²) in [6.07, 6.45) is 1.32. The molecule has 5 nitrogen and oxygen atoms in total. The normalized spacial score (nSPS) is 9.50. The number of hydrogen-bond acceptors (Lipinski definition) is 3. The summed E-state index contributed by atoms with van der Waals surface area (Å²) in [6, 6.07) is 2.99. The van der Waals surface area contributed by atoms with Gasteiger partial charge in [0.15, 0.2) is 0 Å². The van der Waals surface area contributed by atoms with Crippen LogP contribution in [0.2, 0.25) is 5.15 Å². The van der Waals surface area contributed by atoms with Crippen LogP contribution in [0.3, 0.4) is 0 Å². The fourth-order valence-corrected chi connectivity index (χ4v) is 0.891. The van der Waals surface area contributed by atoms with Crippen molar-refractivity contribution in [3.05, 3.63) is 29.0 Å². The van der Waals surface area contributed by atoms with Gasteiger partial charge in [-0.25, -0.2) is 4.98 Å². The Morgan fingerprint density at radius 1 is 1.50 bits per heavy atom. The predicted octanol–water partition coefficient (Wildman–Crippen LogP) is -0.0499. The van der Waals surface area contributed by atoms with Gasteiger partial charge in [0.05, 0.1) is 12.1 Å². The van der Waals surface area contributed by atoms with Gasteiger partial charge in [-0.3, -0.25) is 9.59 Å². The van der Waals surface area contributed by atoms with Crippen LogP contribution in [0.1, 0.15) is 10.4 Å². The summed E-state index contributed by atoms with van der Waals surface area (Å²) in [5.41, 5.74) is 5.18. The summed E-state index contributed by atoms with van der Waals surface area (Å²) in [7, 11) is 0. The van der Waals surface area contributed by atoms with Crippen LogP contribution >= 0.6 is 11.6 Å². The summed E-state index contributed by atoms with van der Waals surface area (Å²) < 4.78 is 0. The van der Waals surface area contributed by atoms with Crippen molar-refractivity contribution in [1.29, 1.82) is 0 Å². The van der Waals surface area contributed by atoms with Crippen molar-refractivity contribution in [2.75, 3.05) is 6.54 Å². The predicted molar refractivity (Wildman–Crippen MR) is 50.8 cm³/mol. The molecule has 0 radical (unpaired) electrons. The molecule has 0 spiro atoms. The van der Waals surface area contributed by atoms with Crippen molar-refractivity contribution in [3.8, 4) is 0 Å². The van der Waals surface area contributed by atoms with Crippen molar-refractivity contribution in [2.24, 2.45) is 5.73 Å². The first-order chi connectivity index (χ1) is 6.59. The summed E-state index contributed by atoms with van der Waals surface area (Å²) >= 11 is 5.53. The Hall–Kier alpha value is -1.62. The van der Waals surface area contributed by atoms with Gasteiger partial charge in [-0.2, -0.15) is 0 Å². The zero-order chi connectivity index (χ0) is 10.6. The molecule has 14 heavy (non-hydrogen) atoms. The highest BCUT2D eigenvalue weighted by molar-refractivity contribution is 6.29. The quantitative estimate of drug-likeness (QED) is 0.691. The highest BCUT2D eigenvalue weighted by Crippen LogP contribution is 2.04. The summed E-state index contributed by atoms with van der Waals surface area (Å²) in [6.45, 7) is -0.193. The van der Waals surface area contributed by atoms with Crippen LogP contribution in [0.5, 0.6) is 0 Å². The molecular weight excluding hydrogens is 206 g/mol. The number of nitrogens with one attached hydrogen (secondary N) is 1. The van der Waals surface area contributed by atoms with Crippen LogP contribution in [0, 0.1) is 0 Å². The first-order valence-electron chi connectivity index (χ1n) is 3.77. The average Bonchev–Trinajstić information content (AvgIpc) is 2.15. The second-order valence-electron chi connectivity index (χ2n) is 2.52. The average molecular weight is 214 g/mol. The molecule has 0 unspecified atom stereocenters. The van der Waals surface area contributed by atoms with Gasteiger partial charge in [0.1, 0.15) is 5.15 Å². The van der Waals surface area contributed by atoms with Gasteiger partial charge < -0.3 is 11.1 Å². The van der Waals surface area contributed by atoms with Crippen LogP contribution in [0.15, 0.2) is 18.3 Å². The first-order valence-corrected chi connectivity index (χ1v) is 4.15. The van der Waals surface area contributed by atoms with Crippen molar-refractivity contribution in [1.82, 2.24) is 10.3 Å². The Bertz CT molecular complexity index is 350. The molecule has 1 rings (SSSR count). The number of nitrogens with two attached hydrogens (primary N) is 1. The summed E-state index contributed by atoms with van der Waals surface area (Å²) in [5, 5.41) is 2.62. The number of nitrogens with zero attached hydrogens (tertiary/aromatic N) is 1. The fraction of sp³-hybridized carbons (Fsp3) is 0.125. The second kappa shape index (κ2) is 4.57. The molecule has 0 atom stereocenters. The Labute approximate surface area is 85.3 Å². The van der Waals surface area contributed by atoms with Gasteiger partial charge in [0.2, 0.25) is 5.91 Å². The van der Waals surface area contributed by atoms with Crippen LogP contribution in [-0.4, -0.2) is 23.3 Å². The molecule has 1 aromatic rings. The topological polar surface area (TPSA) is 85.1 Å². The molecule has 0 aromatic carbocycles. The standard InChI is InChI=1S/C8H8ClN3O2/c9-6-2-1-5(3-11-6)8(14)12-4-7(10)13/h1-3H,4H2,(H2,10,13)(H,12,14). The first kappa shape index (κ1) is 10.5. The van der Waals surface area contributed by atoms with E-state index in [1.165, 1.54) is 18.3 Å². The zero-order valence-electron chi connectivity index (χ0n) is 7.16. The van der Waals surface area contributed by atoms with E-state index >= 15 is 0 Å². The minimum atomic E-state index is -0.597. The lowest BCUT2D eigenvalue weighted by molar-refractivity contribution is -0.117. The molecule has 0 aliphatic carbocycles. The number of hydrogen-bond donors (Lipinski definition) is 2. The molecule has 0 saturated heterocycles. The number of carbonyl (C=O) groups excluding carboxylic acids is 2. The third-order valence-electron chi connectivity index (χ3n) is 1.41. The lowest BCUT2D eigenvalue weighted by Gasteiger charge is -2.01. The number of aromatic nitrogens is 1. The molecule has 0 bridgehead atoms. The zero-order valence-corrected chi connectivity index (χ0v) is 7.91. The number of halogens is 1. The number of rotatable bonds is 3. The lowest BCUT2D eigenvalue weighted by Crippen LogP contribution is -2.33. The highest BCUT2D eigenvalue weighted by Gasteiger charge is 2.05. The highest BCUT2D eigenvalue weighted by atomic mass is 35.5. The van der Waals surface area contributed by atoms with E-state index in [4.69, 9.17) is 17.3 Å². The van der Waals surface area contributed by atoms with Crippen LogP contribution in [-0.2, 0) is 4.79 Å². The van der Waals surface area contributed by atoms with Crippen molar-refractivity contribution in [2.45, 2.75) is 0 Å². The van der Waals surface area contributed by atoms with E-state index in [9.17, 15) is 9.59 Å². The number of pyridine rings is 1. The molecule has 6 heteroatoms. The van der Waals surface area contributed by atoms with Crippen LogP contribution < -0.4 is 11.1 Å². The molecule has 0 saturated carbocycles. The van der Waals surface area contributed by atoms with Gasteiger partial charge in [0.25, 0.3) is 5.91 Å². The lowest BCUT2D eigenvalue weighted by atomic mass is 10.3. The van der Waals surface area contributed by atoms with Crippen molar-refractivity contribution >= 4 is 23.4 Å². The molecule has 0 aliphatic rings. The van der Waals surface area contributed by atoms with E-state index in [2.05, 4.69) is 10.3 Å². The molecule has 2 amide bonds. The van der Waals surface area contributed by atoms with E-state index in [1.807, 2.05) is 0 Å². The third kappa shape index (κ3) is 3.02. The summed E-state index contributed by atoms with van der Waals surface area (Å²) in [4.78, 5) is 25.3. The maximum atomic E-state index is 11.3. The number of carbonyl (C=O) groups is 2. The molecule has 0 fully saturated rings. The van der Waals surface area contributed by atoms with E-state index in [0.29, 0.717) is 10.7 Å². The van der Waals surface area contributed by atoms with Crippen molar-refractivity contribution in [3.63, 3.8) is 0 Å². The van der Waals surface area contributed by atoms with Gasteiger partial charge in [0, 0.05) is 6.20 Å². The largest absolute Gasteiger partial charge is 0.368 e. The van der Waals surface area contributed by atoms with E-state index in [-0.39, 0.29) is 6.54 Å². The van der Waals surface area contributed by atoms with E-state index < -0.39 is 11.8 Å². The van der Waals surface area contributed by atoms with Gasteiger partial charge in [-0.1, -0.05) is 11.6 Å². The fourth-order valence-electron chi connectivity index (χ4n) is 0.780. The maximum absolute atomic E-state index is 11.3. The monoisotopic (exact) mass is 213 g/mol. The van der Waals surface area contributed by atoms with Gasteiger partial charge in [-0.05, 0) is 12.1 Å². The molecule has 3 N–H and O–H groups in total. The second-order valence-corrected chi connectivity index (χ2v) is 2.91. The SMILES string of the molecule is NC(=O)CNC(=O)c1ccc(Cl)nc1. The van der Waals surface area contributed by atoms with Crippen molar-refractivity contribution < 1.29 is 9.59 Å². The van der Waals surface area contributed by atoms with Crippen LogP contribution in [0.4, 0.5) is 0 Å². The number of primary amides is 1. The van der Waals surface area contributed by atoms with Gasteiger partial charge in [-0.15, -0.1) is 0 Å². The molecular formula is C8H8ClN3O2. The molecule has 74 valence electrons. The van der Waals surface area contributed by atoms with E-state index in [1.54, 1.807) is 0 Å². The Balaban J connectivity index is 2.61. The smallest absolute Gasteiger partial charge is 0.253 e. The molecule has 1 aromatic heterocycles. The molecule has 0 aliphatic heterocycles. The van der Waals surface area contributed by atoms with Gasteiger partial charge >= 0.3 is 0 Å². The Morgan fingerprint density at radius 3 is 2.71 bits per heavy atom. The Kier molecular flexibility index (Phi) is 3.41. The third-order valence-corrected chi connectivity index (χ3v) is 1.64.